The number of hydrogen-bond acceptors (Lipinski definition) is 3. The quantitative estimate of drug-likeness (QED) is 0.711. The lowest BCUT2D eigenvalue weighted by atomic mass is 10.0. The summed E-state index contributed by atoms with van der Waals surface area (Å²) in [5.74, 6) is 0.0955. The van der Waals surface area contributed by atoms with Crippen molar-refractivity contribution in [3.8, 4) is 0 Å². The van der Waals surface area contributed by atoms with Crippen LogP contribution in [0.3, 0.4) is 0 Å². The predicted octanol–water partition coefficient (Wildman–Crippen LogP) is 1.14. The molecule has 1 amide bonds. The summed E-state index contributed by atoms with van der Waals surface area (Å²) in [4.78, 5) is 13.8. The first kappa shape index (κ1) is 13.5. The standard InChI is InChI=1S/C12H24N2O2/c1-4-12(3,9-13)16-8-11(15)14(5-2)10-6-7-10/h10H,4-9,13H2,1-3H3. The Kier molecular flexibility index (Phi) is 4.74. The summed E-state index contributed by atoms with van der Waals surface area (Å²) in [5.41, 5.74) is 5.27. The Labute approximate surface area is 98.1 Å². The zero-order valence-electron chi connectivity index (χ0n) is 10.7. The van der Waals surface area contributed by atoms with E-state index in [2.05, 4.69) is 0 Å². The molecule has 0 heterocycles. The number of ether oxygens (including phenoxy) is 1. The summed E-state index contributed by atoms with van der Waals surface area (Å²) in [6.07, 6.45) is 3.11. The van der Waals surface area contributed by atoms with E-state index in [1.165, 1.54) is 0 Å². The van der Waals surface area contributed by atoms with E-state index < -0.39 is 0 Å². The van der Waals surface area contributed by atoms with Crippen LogP contribution in [0.4, 0.5) is 0 Å². The number of hydrogen-bond donors (Lipinski definition) is 1. The van der Waals surface area contributed by atoms with E-state index in [4.69, 9.17) is 10.5 Å². The molecule has 0 aromatic heterocycles. The van der Waals surface area contributed by atoms with Gasteiger partial charge in [-0.1, -0.05) is 6.92 Å². The molecule has 2 N–H and O–H groups in total. The number of amides is 1. The fourth-order valence-corrected chi connectivity index (χ4v) is 1.65. The van der Waals surface area contributed by atoms with Crippen molar-refractivity contribution in [3.63, 3.8) is 0 Å². The highest BCUT2D eigenvalue weighted by atomic mass is 16.5. The lowest BCUT2D eigenvalue weighted by molar-refractivity contribution is -0.142. The van der Waals surface area contributed by atoms with Gasteiger partial charge in [0.05, 0.1) is 5.60 Å². The summed E-state index contributed by atoms with van der Waals surface area (Å²) < 4.78 is 5.63. The minimum absolute atomic E-state index is 0.0955. The van der Waals surface area contributed by atoms with Gasteiger partial charge in [0.1, 0.15) is 6.61 Å². The minimum atomic E-state index is -0.362. The number of carbonyl (C=O) groups excluding carboxylic acids is 1. The van der Waals surface area contributed by atoms with E-state index >= 15 is 0 Å². The molecule has 0 aliphatic heterocycles. The van der Waals surface area contributed by atoms with E-state index in [1.807, 2.05) is 25.7 Å². The van der Waals surface area contributed by atoms with Crippen LogP contribution in [-0.2, 0) is 9.53 Å². The molecule has 1 atom stereocenters. The largest absolute Gasteiger partial charge is 0.364 e. The first-order chi connectivity index (χ1) is 7.56. The van der Waals surface area contributed by atoms with Gasteiger partial charge in [-0.2, -0.15) is 0 Å². The van der Waals surface area contributed by atoms with Crippen molar-refractivity contribution in [1.82, 2.24) is 4.90 Å². The van der Waals surface area contributed by atoms with E-state index in [0.29, 0.717) is 12.6 Å². The molecular weight excluding hydrogens is 204 g/mol. The van der Waals surface area contributed by atoms with Gasteiger partial charge in [0.25, 0.3) is 0 Å². The minimum Gasteiger partial charge on any atom is -0.364 e. The van der Waals surface area contributed by atoms with Crippen molar-refractivity contribution in [2.24, 2.45) is 5.73 Å². The third kappa shape index (κ3) is 3.46. The molecule has 1 fully saturated rings. The van der Waals surface area contributed by atoms with Gasteiger partial charge in [0, 0.05) is 19.1 Å². The summed E-state index contributed by atoms with van der Waals surface area (Å²) in [6.45, 7) is 7.37. The highest BCUT2D eigenvalue weighted by molar-refractivity contribution is 5.78. The average molecular weight is 228 g/mol. The first-order valence-electron chi connectivity index (χ1n) is 6.19. The third-order valence-electron chi connectivity index (χ3n) is 3.37. The predicted molar refractivity (Wildman–Crippen MR) is 64.1 cm³/mol. The molecule has 1 unspecified atom stereocenters. The van der Waals surface area contributed by atoms with Crippen molar-refractivity contribution >= 4 is 5.91 Å². The molecule has 0 aromatic rings. The Morgan fingerprint density at radius 1 is 1.50 bits per heavy atom. The van der Waals surface area contributed by atoms with Crippen molar-refractivity contribution in [3.05, 3.63) is 0 Å². The Morgan fingerprint density at radius 3 is 2.50 bits per heavy atom. The maximum absolute atomic E-state index is 11.9. The molecule has 0 aromatic carbocycles. The number of carbonyl (C=O) groups is 1. The van der Waals surface area contributed by atoms with Crippen LogP contribution in [-0.4, -0.2) is 42.1 Å². The highest BCUT2D eigenvalue weighted by Crippen LogP contribution is 2.26. The zero-order valence-corrected chi connectivity index (χ0v) is 10.7. The van der Waals surface area contributed by atoms with Crippen LogP contribution < -0.4 is 5.73 Å². The van der Waals surface area contributed by atoms with Crippen molar-refractivity contribution in [2.45, 2.75) is 51.7 Å². The van der Waals surface area contributed by atoms with Crippen LogP contribution >= 0.6 is 0 Å². The Morgan fingerprint density at radius 2 is 2.12 bits per heavy atom. The number of likely N-dealkylation sites (N-methyl/N-ethyl adjacent to an activating group) is 1. The lowest BCUT2D eigenvalue weighted by Gasteiger charge is -2.28. The lowest BCUT2D eigenvalue weighted by Crippen LogP contribution is -2.42. The normalized spacial score (nSPS) is 19.2. The van der Waals surface area contributed by atoms with Gasteiger partial charge in [-0.05, 0) is 33.1 Å². The summed E-state index contributed by atoms with van der Waals surface area (Å²) in [6, 6.07) is 0.465. The zero-order chi connectivity index (χ0) is 12.2. The molecule has 94 valence electrons. The van der Waals surface area contributed by atoms with E-state index in [1.54, 1.807) is 0 Å². The van der Waals surface area contributed by atoms with E-state index in [-0.39, 0.29) is 18.1 Å². The molecule has 16 heavy (non-hydrogen) atoms. The van der Waals surface area contributed by atoms with Gasteiger partial charge in [-0.25, -0.2) is 0 Å². The molecule has 4 nitrogen and oxygen atoms in total. The van der Waals surface area contributed by atoms with Crippen molar-refractivity contribution in [2.75, 3.05) is 19.7 Å². The van der Waals surface area contributed by atoms with E-state index in [0.717, 1.165) is 25.8 Å². The molecule has 0 saturated heterocycles. The second kappa shape index (κ2) is 5.64. The SMILES string of the molecule is CCN(C(=O)COC(C)(CC)CN)C1CC1. The third-order valence-corrected chi connectivity index (χ3v) is 3.37. The smallest absolute Gasteiger partial charge is 0.248 e. The molecule has 0 radical (unpaired) electrons. The van der Waals surface area contributed by atoms with Crippen LogP contribution in [0, 0.1) is 0 Å². The summed E-state index contributed by atoms with van der Waals surface area (Å²) >= 11 is 0. The number of nitrogens with two attached hydrogens (primary N) is 1. The molecule has 0 bridgehead atoms. The fourth-order valence-electron chi connectivity index (χ4n) is 1.65. The fraction of sp³-hybridized carbons (Fsp3) is 0.917. The van der Waals surface area contributed by atoms with Gasteiger partial charge in [0.15, 0.2) is 0 Å². The topological polar surface area (TPSA) is 55.6 Å². The van der Waals surface area contributed by atoms with Crippen LogP contribution in [0.5, 0.6) is 0 Å². The maximum atomic E-state index is 11.9. The van der Waals surface area contributed by atoms with Crippen LogP contribution in [0.1, 0.15) is 40.0 Å². The van der Waals surface area contributed by atoms with Crippen molar-refractivity contribution in [1.29, 1.82) is 0 Å². The Hall–Kier alpha value is -0.610. The number of rotatable bonds is 7. The van der Waals surface area contributed by atoms with Crippen molar-refractivity contribution < 1.29 is 9.53 Å². The van der Waals surface area contributed by atoms with Crippen LogP contribution in [0.15, 0.2) is 0 Å². The molecule has 1 saturated carbocycles. The van der Waals surface area contributed by atoms with Gasteiger partial charge in [-0.15, -0.1) is 0 Å². The molecular formula is C12H24N2O2. The molecule has 1 aliphatic carbocycles. The molecule has 4 heteroatoms. The van der Waals surface area contributed by atoms with Crippen LogP contribution in [0.25, 0.3) is 0 Å². The highest BCUT2D eigenvalue weighted by Gasteiger charge is 2.32. The Bertz CT molecular complexity index is 235. The van der Waals surface area contributed by atoms with Gasteiger partial charge in [-0.3, -0.25) is 4.79 Å². The maximum Gasteiger partial charge on any atom is 0.248 e. The van der Waals surface area contributed by atoms with Gasteiger partial charge < -0.3 is 15.4 Å². The van der Waals surface area contributed by atoms with Crippen LogP contribution in [0.2, 0.25) is 0 Å². The number of nitrogens with zero attached hydrogens (tertiary/aromatic N) is 1. The van der Waals surface area contributed by atoms with Gasteiger partial charge >= 0.3 is 0 Å². The molecule has 1 rings (SSSR count). The van der Waals surface area contributed by atoms with Gasteiger partial charge in [0.2, 0.25) is 5.91 Å². The Balaban J connectivity index is 2.38. The molecule has 1 aliphatic rings. The summed E-state index contributed by atoms with van der Waals surface area (Å²) in [7, 11) is 0. The van der Waals surface area contributed by atoms with E-state index in [9.17, 15) is 4.79 Å². The summed E-state index contributed by atoms with van der Waals surface area (Å²) in [5, 5.41) is 0. The molecule has 0 spiro atoms. The average Bonchev–Trinajstić information content (AvgIpc) is 3.11. The first-order valence-corrected chi connectivity index (χ1v) is 6.19. The monoisotopic (exact) mass is 228 g/mol. The second-order valence-corrected chi connectivity index (χ2v) is 4.71. The second-order valence-electron chi connectivity index (χ2n) is 4.71.